The van der Waals surface area contributed by atoms with Crippen LogP contribution in [-0.2, 0) is 285 Å². The van der Waals surface area contributed by atoms with Crippen molar-refractivity contribution in [3.05, 3.63) is 347 Å². The van der Waals surface area contributed by atoms with Crippen LogP contribution < -0.4 is 62.6 Å². The molecule has 0 atom stereocenters. The minimum atomic E-state index is -0.520. The van der Waals surface area contributed by atoms with Gasteiger partial charge >= 0.3 is 34.1 Å². The van der Waals surface area contributed by atoms with Gasteiger partial charge in [-0.25, -0.2) is 33.2 Å². The molecule has 0 unspecified atom stereocenters. The number of nitrogens with zero attached hydrogens (tertiary/aromatic N) is 36. The molecule has 0 fully saturated rings. The molecule has 0 saturated heterocycles. The summed E-state index contributed by atoms with van der Waals surface area (Å²) in [6.07, 6.45) is 24.6. The molecular weight excluding hydrogens is 2460 g/mol. The Bertz CT molecular complexity index is 6520. The molecule has 0 aliphatic carbocycles. The second kappa shape index (κ2) is 57.7. The number of aromatic nitrogens is 36. The zero-order chi connectivity index (χ0) is 93.9. The molecule has 6 aromatic carbocycles. The fraction of sp³-hybridized carbons (Fsp3) is 0.185. The van der Waals surface area contributed by atoms with Crippen LogP contribution in [0.3, 0.4) is 0 Å². The first-order chi connectivity index (χ1) is 64.5. The van der Waals surface area contributed by atoms with Gasteiger partial charge in [0, 0.05) is 323 Å². The summed E-state index contributed by atoms with van der Waals surface area (Å²) in [6, 6.07) is 40.9. The molecular formula is C81H68BrClFIN36O12Y6-6. The quantitative estimate of drug-likeness (QED) is 0.0579. The monoisotopic (exact) mass is 2530 g/mol. The Morgan fingerprint density at radius 1 is 0.324 bits per heavy atom. The van der Waals surface area contributed by atoms with Gasteiger partial charge < -0.3 is 88.2 Å². The maximum Gasteiger partial charge on any atom is 0.368 e. The molecule has 0 saturated carbocycles. The van der Waals surface area contributed by atoms with Gasteiger partial charge in [-0.05, 0) is 170 Å². The van der Waals surface area contributed by atoms with Crippen LogP contribution in [0.4, 0.5) is 4.39 Å². The van der Waals surface area contributed by atoms with Crippen LogP contribution in [0.25, 0.3) is 34.1 Å². The van der Waals surface area contributed by atoms with Gasteiger partial charge in [0.25, 0.3) is 0 Å². The molecule has 12 aromatic heterocycles. The topological polar surface area (TPSA) is 526 Å². The number of hydrogen-bond acceptors (Lipinski definition) is 36. The standard InChI is InChI=1S/C15H15N6O2.C14H13N6O2.C13H10BrN6O2.C13H10ClN6O2.C13H10FN6O2.C13H10IN6O2.6Y/c1-3-11-5-4-6-13(21-15(22)20(2)18-19-21)12(11)9-23-14-7-8-16-10-17-14;1-10-4-3-5-12(20-14(21)19(2)17-18-20)11(10)8-22-13-6-7-15-9-16-13;4*1-19-13(21)20(18-17-19)11-4-2-3-10(14)9(11)7-22-12-5-6-15-8-16-12;;;;;;/h4-7,10H,3,9H2,1-2H3;3-6,9H,8H2,1-2H3;4*2-5,8H,7H2,1H3;;;;;;/q6*-1;;;;;;. The summed E-state index contributed by atoms with van der Waals surface area (Å²) in [5, 5.41) is 45.7. The number of hydrogen-bond donors (Lipinski definition) is 0. The van der Waals surface area contributed by atoms with Crippen LogP contribution in [0.5, 0.6) is 35.3 Å². The minimum absolute atomic E-state index is 0. The fourth-order valence-electron chi connectivity index (χ4n) is 11.6. The first-order valence-corrected chi connectivity index (χ1v) is 40.9. The zero-order valence-corrected chi connectivity index (χ0v) is 95.8. The van der Waals surface area contributed by atoms with Gasteiger partial charge in [-0.2, -0.15) is 56.2 Å². The van der Waals surface area contributed by atoms with E-state index in [1.54, 1.807) is 81.8 Å². The van der Waals surface area contributed by atoms with Gasteiger partial charge in [0.05, 0.1) is 69.4 Å². The predicted octanol–water partition coefficient (Wildman–Crippen LogP) is 3.83. The number of benzene rings is 6. The Morgan fingerprint density at radius 3 is 0.899 bits per heavy atom. The van der Waals surface area contributed by atoms with E-state index in [0.29, 0.717) is 68.4 Å². The molecule has 0 amide bonds. The SMILES string of the molecule is CCc1cccc(-n2nnn(C)c2=O)c1COc1c[c-]ncn1.Cc1cccc(-n2nnn(C)c2=O)c1COc1c[c-]ncn1.Cn1nnn(-c2cccc(Br)c2COc2c[c-]ncn2)c1=O.Cn1nnn(-c2cccc(Cl)c2COc2c[c-]ncn2)c1=O.Cn1nnn(-c2cccc(F)c2COc2c[c-]ncn2)c1=O.Cn1nnn(-c2cccc(I)c2COc2c[c-]ncn2)c1=O.[Y].[Y].[Y].[Y].[Y].[Y]. The van der Waals surface area contributed by atoms with Crippen LogP contribution in [-0.4, -0.2) is 179 Å². The molecule has 0 N–H and O–H groups in total. The Hall–Kier alpha value is -10.1. The Labute approximate surface area is 963 Å². The molecule has 0 aliphatic rings. The number of halogens is 4. The summed E-state index contributed by atoms with van der Waals surface area (Å²) in [4.78, 5) is 118. The third-order valence-corrected chi connectivity index (χ3v) is 20.4. The van der Waals surface area contributed by atoms with Gasteiger partial charge in [0.15, 0.2) is 0 Å². The van der Waals surface area contributed by atoms with E-state index < -0.39 is 11.5 Å². The van der Waals surface area contributed by atoms with Crippen molar-refractivity contribution in [2.45, 2.75) is 59.9 Å². The summed E-state index contributed by atoms with van der Waals surface area (Å²) in [6.45, 7) is 4.91. The van der Waals surface area contributed by atoms with Crippen molar-refractivity contribution in [3.63, 3.8) is 0 Å². The van der Waals surface area contributed by atoms with Crippen LogP contribution in [0.15, 0.2) is 217 Å². The maximum absolute atomic E-state index is 14.1. The minimum Gasteiger partial charge on any atom is -0.530 e. The first-order valence-electron chi connectivity index (χ1n) is 38.6. The van der Waals surface area contributed by atoms with E-state index >= 15 is 0 Å². The Balaban J connectivity index is 0.000000225. The summed E-state index contributed by atoms with van der Waals surface area (Å²) in [5.74, 6) is 1.71. The van der Waals surface area contributed by atoms with Crippen molar-refractivity contribution in [2.75, 3.05) is 0 Å². The van der Waals surface area contributed by atoms with Gasteiger partial charge in [0.2, 0.25) is 0 Å². The van der Waals surface area contributed by atoms with Crippen LogP contribution in [0.1, 0.15) is 51.4 Å². The van der Waals surface area contributed by atoms with Gasteiger partial charge in [-0.15, -0.1) is 0 Å². The summed E-state index contributed by atoms with van der Waals surface area (Å²) in [5.41, 5.74) is 7.23. The largest absolute Gasteiger partial charge is 0.530 e. The van der Waals surface area contributed by atoms with Crippen molar-refractivity contribution in [1.29, 1.82) is 0 Å². The third-order valence-electron chi connectivity index (χ3n) is 18.3. The molecule has 48 nitrogen and oxygen atoms in total. The summed E-state index contributed by atoms with van der Waals surface area (Å²) in [7, 11) is 9.17. The normalized spacial score (nSPS) is 10.2. The Morgan fingerprint density at radius 2 is 0.576 bits per heavy atom. The van der Waals surface area contributed by atoms with E-state index in [2.05, 4.69) is 198 Å². The third kappa shape index (κ3) is 30.9. The van der Waals surface area contributed by atoms with Crippen molar-refractivity contribution < 1.29 is 229 Å². The van der Waals surface area contributed by atoms with Gasteiger partial charge in [0.1, 0.15) is 45.5 Å². The molecule has 6 radical (unpaired) electrons. The molecule has 0 spiro atoms. The second-order valence-electron chi connectivity index (χ2n) is 26.7. The maximum atomic E-state index is 14.1. The van der Waals surface area contributed by atoms with E-state index in [1.807, 2.05) is 68.4 Å². The Kier molecular flexibility index (Phi) is 48.1. The molecule has 0 bridgehead atoms. The van der Waals surface area contributed by atoms with E-state index in [-0.39, 0.29) is 281 Å². The molecule has 139 heavy (non-hydrogen) atoms. The van der Waals surface area contributed by atoms with Crippen molar-refractivity contribution in [2.24, 2.45) is 42.3 Å². The predicted molar refractivity (Wildman–Crippen MR) is 470 cm³/mol. The smallest absolute Gasteiger partial charge is 0.368 e. The van der Waals surface area contributed by atoms with Crippen molar-refractivity contribution in [3.8, 4) is 69.4 Å². The fourth-order valence-corrected chi connectivity index (χ4v) is 12.9. The second-order valence-corrected chi connectivity index (χ2v) is 29.1. The first kappa shape index (κ1) is 116. The van der Waals surface area contributed by atoms with Gasteiger partial charge in [-0.1, -0.05) is 157 Å². The molecule has 18 aromatic rings. The van der Waals surface area contributed by atoms with E-state index in [9.17, 15) is 33.2 Å². The number of ether oxygens (including phenoxy) is 6. The van der Waals surface area contributed by atoms with Crippen LogP contribution in [0, 0.1) is 53.5 Å². The average molecular weight is 2530 g/mol. The number of aryl methyl sites for hydroxylation is 8. The van der Waals surface area contributed by atoms with Crippen LogP contribution >= 0.6 is 50.1 Å². The van der Waals surface area contributed by atoms with Gasteiger partial charge in [-0.3, -0.25) is 0 Å². The van der Waals surface area contributed by atoms with Crippen molar-refractivity contribution >= 4 is 50.1 Å². The molecule has 58 heteroatoms. The average Bonchev–Trinajstić information content (AvgIpc) is 1.74. The number of tetrazole rings is 6. The van der Waals surface area contributed by atoms with E-state index in [1.165, 1.54) is 122 Å². The molecule has 12 heterocycles. The summed E-state index contributed by atoms with van der Waals surface area (Å²) < 4.78 is 63.3. The molecule has 0 aliphatic heterocycles. The van der Waals surface area contributed by atoms with E-state index in [4.69, 9.17) is 40.0 Å². The number of rotatable bonds is 25. The molecule has 696 valence electrons. The van der Waals surface area contributed by atoms with Crippen LogP contribution in [0.2, 0.25) is 5.02 Å². The van der Waals surface area contributed by atoms with E-state index in [0.717, 1.165) is 71.3 Å². The molecule has 18 rings (SSSR count). The zero-order valence-electron chi connectivity index (χ0n) is 74.2. The van der Waals surface area contributed by atoms with Crippen molar-refractivity contribution in [1.82, 2.24) is 179 Å². The summed E-state index contributed by atoms with van der Waals surface area (Å²) >= 11 is 11.9.